The number of amides is 6. The Morgan fingerprint density at radius 2 is 1.64 bits per heavy atom. The van der Waals surface area contributed by atoms with Crippen molar-refractivity contribution in [3.8, 4) is 22.8 Å². The highest BCUT2D eigenvalue weighted by Gasteiger charge is 2.61. The minimum Gasteiger partial charge on any atom is -0.497 e. The zero-order chi connectivity index (χ0) is 47.9. The zero-order valence-electron chi connectivity index (χ0n) is 38.5. The summed E-state index contributed by atoms with van der Waals surface area (Å²) in [5, 5.41) is 11.9. The molecule has 5 atom stereocenters. The number of hydrogen-bond acceptors (Lipinski definition) is 10. The van der Waals surface area contributed by atoms with Crippen molar-refractivity contribution in [2.24, 2.45) is 17.3 Å². The van der Waals surface area contributed by atoms with Crippen LogP contribution in [-0.4, -0.2) is 98.4 Å². The van der Waals surface area contributed by atoms with Gasteiger partial charge in [-0.1, -0.05) is 107 Å². The van der Waals surface area contributed by atoms with E-state index in [4.69, 9.17) is 14.5 Å². The second-order valence-corrected chi connectivity index (χ2v) is 20.6. The van der Waals surface area contributed by atoms with Crippen molar-refractivity contribution in [1.82, 2.24) is 35.9 Å². The number of urea groups is 1. The number of aromatic nitrogens is 1. The summed E-state index contributed by atoms with van der Waals surface area (Å²) < 4.78 is 40.8. The van der Waals surface area contributed by atoms with Gasteiger partial charge in [-0.2, -0.15) is 0 Å². The van der Waals surface area contributed by atoms with Gasteiger partial charge in [0.15, 0.2) is 0 Å². The van der Waals surface area contributed by atoms with Crippen LogP contribution in [0.15, 0.2) is 97.6 Å². The number of sulfonamides is 1. The zero-order valence-corrected chi connectivity index (χ0v) is 39.3. The first-order valence-corrected chi connectivity index (χ1v) is 24.5. The van der Waals surface area contributed by atoms with Crippen molar-refractivity contribution >= 4 is 50.6 Å². The lowest BCUT2D eigenvalue weighted by atomic mass is 9.86. The van der Waals surface area contributed by atoms with E-state index in [0.717, 1.165) is 31.2 Å². The Hall–Kier alpha value is -6.49. The first-order valence-electron chi connectivity index (χ1n) is 22.8. The van der Waals surface area contributed by atoms with Crippen molar-refractivity contribution in [1.29, 1.82) is 0 Å². The van der Waals surface area contributed by atoms with Crippen LogP contribution in [0, 0.1) is 17.3 Å². The van der Waals surface area contributed by atoms with Crippen LogP contribution in [0.3, 0.4) is 0 Å². The lowest BCUT2D eigenvalue weighted by molar-refractivity contribution is -0.131. The summed E-state index contributed by atoms with van der Waals surface area (Å²) >= 11 is 0. The van der Waals surface area contributed by atoms with E-state index in [0.29, 0.717) is 46.1 Å². The minimum atomic E-state index is -4.19. The molecule has 1 aliphatic heterocycles. The Morgan fingerprint density at radius 3 is 2.30 bits per heavy atom. The van der Waals surface area contributed by atoms with Crippen LogP contribution in [0.1, 0.15) is 71.3 Å². The summed E-state index contributed by atoms with van der Waals surface area (Å²) in [7, 11) is -2.63. The summed E-state index contributed by atoms with van der Waals surface area (Å²) in [6, 6.07) is 21.9. The van der Waals surface area contributed by atoms with Crippen molar-refractivity contribution in [2.75, 3.05) is 26.7 Å². The van der Waals surface area contributed by atoms with Crippen LogP contribution < -0.4 is 35.5 Å². The van der Waals surface area contributed by atoms with E-state index in [1.54, 1.807) is 76.4 Å². The number of ether oxygens (including phenoxy) is 2. The number of carbonyl (C=O) groups is 5. The third kappa shape index (κ3) is 11.9. The average molecular weight is 936 g/mol. The first-order chi connectivity index (χ1) is 32.0. The van der Waals surface area contributed by atoms with Gasteiger partial charge >= 0.3 is 6.03 Å². The molecule has 67 heavy (non-hydrogen) atoms. The SMILES string of the molecule is C=CC1CC1(NC(=O)C1CC(Oc2cc(-c3ccccc3)nc3cc(OC)ccc23)CN1C(=O)NC(C(=O)NCC(=O)NCC1CCCCC1)C(C)(C)C)C(=O)NS(=O)(=O)Cc1ccccc1. The molecule has 5 unspecified atom stereocenters. The maximum absolute atomic E-state index is 14.6. The highest BCUT2D eigenvalue weighted by molar-refractivity contribution is 7.89. The summed E-state index contributed by atoms with van der Waals surface area (Å²) in [6.45, 7) is 9.25. The highest BCUT2D eigenvalue weighted by Crippen LogP contribution is 2.45. The molecule has 17 heteroatoms. The lowest BCUT2D eigenvalue weighted by Gasteiger charge is -2.33. The van der Waals surface area contributed by atoms with Gasteiger partial charge in [0.05, 0.1) is 37.2 Å². The van der Waals surface area contributed by atoms with Gasteiger partial charge in [-0.15, -0.1) is 6.58 Å². The van der Waals surface area contributed by atoms with Gasteiger partial charge in [0.2, 0.25) is 27.7 Å². The van der Waals surface area contributed by atoms with E-state index in [1.807, 2.05) is 36.4 Å². The van der Waals surface area contributed by atoms with Gasteiger partial charge in [0.1, 0.15) is 35.2 Å². The Bertz CT molecular complexity index is 2580. The normalized spacial score (nSPS) is 21.1. The third-order valence-electron chi connectivity index (χ3n) is 12.8. The molecule has 5 N–H and O–H groups in total. The predicted molar refractivity (Wildman–Crippen MR) is 254 cm³/mol. The lowest BCUT2D eigenvalue weighted by Crippen LogP contribution is -2.60. The van der Waals surface area contributed by atoms with Gasteiger partial charge in [-0.25, -0.2) is 18.2 Å². The average Bonchev–Trinajstić information content (AvgIpc) is 3.87. The molecule has 0 radical (unpaired) electrons. The molecular weight excluding hydrogens is 875 g/mol. The van der Waals surface area contributed by atoms with Gasteiger partial charge in [-0.3, -0.25) is 23.9 Å². The molecule has 4 aromatic rings. The number of nitrogens with zero attached hydrogens (tertiary/aromatic N) is 2. The number of likely N-dealkylation sites (tertiary alicyclic amines) is 1. The predicted octanol–water partition coefficient (Wildman–Crippen LogP) is 5.38. The van der Waals surface area contributed by atoms with Crippen LogP contribution in [0.4, 0.5) is 4.79 Å². The van der Waals surface area contributed by atoms with Crippen molar-refractivity contribution < 1.29 is 41.9 Å². The fourth-order valence-corrected chi connectivity index (χ4v) is 10.1. The highest BCUT2D eigenvalue weighted by atomic mass is 32.2. The fourth-order valence-electron chi connectivity index (χ4n) is 8.96. The Labute approximate surface area is 392 Å². The van der Waals surface area contributed by atoms with Crippen molar-refractivity contribution in [2.45, 2.75) is 95.2 Å². The number of nitrogens with one attached hydrogen (secondary N) is 5. The summed E-state index contributed by atoms with van der Waals surface area (Å²) in [4.78, 5) is 75.9. The van der Waals surface area contributed by atoms with E-state index in [9.17, 15) is 32.4 Å². The van der Waals surface area contributed by atoms with E-state index in [-0.39, 0.29) is 31.8 Å². The van der Waals surface area contributed by atoms with E-state index < -0.39 is 74.6 Å². The molecule has 2 heterocycles. The minimum absolute atomic E-state index is 0.0454. The molecule has 356 valence electrons. The molecule has 3 aromatic carbocycles. The molecule has 2 saturated carbocycles. The molecule has 1 aromatic heterocycles. The van der Waals surface area contributed by atoms with E-state index in [1.165, 1.54) is 17.4 Å². The van der Waals surface area contributed by atoms with Crippen LogP contribution in [0.25, 0.3) is 22.2 Å². The largest absolute Gasteiger partial charge is 0.497 e. The number of pyridine rings is 1. The molecule has 3 aliphatic rings. The summed E-state index contributed by atoms with van der Waals surface area (Å²) in [5.74, 6) is -2.25. The maximum atomic E-state index is 14.6. The quantitative estimate of drug-likeness (QED) is 0.0854. The fraction of sp³-hybridized carbons (Fsp3) is 0.440. The molecule has 7 rings (SSSR count). The first kappa shape index (κ1) is 48.4. The molecule has 3 fully saturated rings. The second-order valence-electron chi connectivity index (χ2n) is 18.9. The smallest absolute Gasteiger partial charge is 0.318 e. The van der Waals surface area contributed by atoms with Crippen LogP contribution in [-0.2, 0) is 35.0 Å². The van der Waals surface area contributed by atoms with Crippen LogP contribution >= 0.6 is 0 Å². The number of hydrogen-bond donors (Lipinski definition) is 5. The van der Waals surface area contributed by atoms with Crippen molar-refractivity contribution in [3.05, 3.63) is 103 Å². The standard InChI is InChI=1S/C50H61N7O9S/c1-6-35-27-50(35,47(61)56-67(63,64)31-33-18-12-8-13-19-33)55-45(59)41-25-37(66-42-26-39(34-20-14-9-15-21-34)53-40-24-36(65-5)22-23-38(40)42)30-57(41)48(62)54-44(49(2,3)4)46(60)52-29-43(58)51-28-32-16-10-7-11-17-32/h6,8-9,12-15,18-24,26,32,35,37,41,44H,1,7,10-11,16-17,25,27-31H2,2-5H3,(H,51,58)(H,52,60)(H,54,62)(H,55,59)(H,56,61). The number of methoxy groups -OCH3 is 1. The Balaban J connectivity index is 1.14. The van der Waals surface area contributed by atoms with Gasteiger partial charge in [0, 0.05) is 42.0 Å². The van der Waals surface area contributed by atoms with Crippen LogP contribution in [0.2, 0.25) is 0 Å². The number of fused-ring (bicyclic) bond motifs is 1. The third-order valence-corrected chi connectivity index (χ3v) is 14.0. The van der Waals surface area contributed by atoms with Crippen LogP contribution in [0.5, 0.6) is 11.5 Å². The van der Waals surface area contributed by atoms with E-state index >= 15 is 0 Å². The van der Waals surface area contributed by atoms with Crippen molar-refractivity contribution in [3.63, 3.8) is 0 Å². The Morgan fingerprint density at radius 1 is 0.940 bits per heavy atom. The summed E-state index contributed by atoms with van der Waals surface area (Å²) in [6.07, 6.45) is 6.27. The molecular formula is C50H61N7O9S. The summed E-state index contributed by atoms with van der Waals surface area (Å²) in [5.41, 5.74) is -0.0361. The monoisotopic (exact) mass is 935 g/mol. The van der Waals surface area contributed by atoms with Gasteiger partial charge in [0.25, 0.3) is 5.91 Å². The van der Waals surface area contributed by atoms with E-state index in [2.05, 4.69) is 32.6 Å². The molecule has 0 spiro atoms. The molecule has 0 bridgehead atoms. The number of rotatable bonds is 17. The van der Waals surface area contributed by atoms with Gasteiger partial charge in [-0.05, 0) is 48.3 Å². The number of benzene rings is 3. The maximum Gasteiger partial charge on any atom is 0.318 e. The molecule has 6 amide bonds. The second kappa shape index (κ2) is 20.6. The topological polar surface area (TPSA) is 214 Å². The molecule has 16 nitrogen and oxygen atoms in total. The molecule has 2 aliphatic carbocycles. The Kier molecular flexibility index (Phi) is 14.9. The number of carbonyl (C=O) groups excluding carboxylic acids is 5. The molecule has 1 saturated heterocycles. The van der Waals surface area contributed by atoms with Gasteiger partial charge < -0.3 is 35.6 Å².